The van der Waals surface area contributed by atoms with Gasteiger partial charge in [0.1, 0.15) is 17.8 Å². The quantitative estimate of drug-likeness (QED) is 0.446. The Bertz CT molecular complexity index is 1300. The monoisotopic (exact) mass is 566 g/mol. The Morgan fingerprint density at radius 1 is 1.20 bits per heavy atom. The average Bonchev–Trinajstić information content (AvgIpc) is 3.62. The molecule has 222 valence electrons. The Hall–Kier alpha value is -2.72. The van der Waals surface area contributed by atoms with Crippen LogP contribution in [0.4, 0.5) is 9.59 Å². The first-order valence-electron chi connectivity index (χ1n) is 15.1. The number of hydrogen-bond donors (Lipinski definition) is 1. The molecule has 0 unspecified atom stereocenters. The van der Waals surface area contributed by atoms with E-state index in [1.807, 2.05) is 45.0 Å². The van der Waals surface area contributed by atoms with Crippen LogP contribution in [-0.2, 0) is 25.2 Å². The summed E-state index contributed by atoms with van der Waals surface area (Å²) < 4.78 is 30.4. The summed E-state index contributed by atoms with van der Waals surface area (Å²) in [4.78, 5) is 27.6. The Morgan fingerprint density at radius 2 is 1.98 bits per heavy atom. The topological polar surface area (TPSA) is 99.5 Å². The van der Waals surface area contributed by atoms with Gasteiger partial charge in [-0.05, 0) is 88.7 Å². The highest BCUT2D eigenvalue weighted by Gasteiger charge is 2.68. The fourth-order valence-electron chi connectivity index (χ4n) is 7.65. The van der Waals surface area contributed by atoms with Gasteiger partial charge in [0.05, 0.1) is 30.0 Å². The molecule has 7 rings (SSSR count). The van der Waals surface area contributed by atoms with Crippen LogP contribution in [0.2, 0.25) is 0 Å². The molecule has 0 spiro atoms. The van der Waals surface area contributed by atoms with Crippen molar-refractivity contribution >= 4 is 30.3 Å². The molecule has 3 heterocycles. The van der Waals surface area contributed by atoms with Crippen LogP contribution in [0.5, 0.6) is 0 Å². The van der Waals surface area contributed by atoms with E-state index < -0.39 is 30.4 Å². The third kappa shape index (κ3) is 5.22. The number of para-hydroxylation sites is 1. The molecule has 3 saturated carbocycles. The molecule has 2 amide bonds. The molecule has 2 aliphatic heterocycles. The van der Waals surface area contributed by atoms with Crippen LogP contribution >= 0.6 is 0 Å². The number of amides is 2. The van der Waals surface area contributed by atoms with E-state index in [-0.39, 0.29) is 30.3 Å². The van der Waals surface area contributed by atoms with Gasteiger partial charge in [0.15, 0.2) is 0 Å². The molecule has 10 heteroatoms. The minimum Gasteiger partial charge on any atom is -0.464 e. The maximum Gasteiger partial charge on any atom is 0.482 e. The Morgan fingerprint density at radius 3 is 2.73 bits per heavy atom. The molecule has 2 saturated heterocycles. The smallest absolute Gasteiger partial charge is 0.464 e. The number of fused-ring (bicyclic) bond motifs is 1. The molecule has 9 nitrogen and oxygen atoms in total. The van der Waals surface area contributed by atoms with Crippen LogP contribution < -0.4 is 5.32 Å². The summed E-state index contributed by atoms with van der Waals surface area (Å²) in [5.41, 5.74) is 0.993. The third-order valence-electron chi connectivity index (χ3n) is 10.0. The zero-order valence-electron chi connectivity index (χ0n) is 25.1. The lowest BCUT2D eigenvalue weighted by molar-refractivity contribution is -0.199. The first-order chi connectivity index (χ1) is 19.3. The molecule has 41 heavy (non-hydrogen) atoms. The zero-order chi connectivity index (χ0) is 29.2. The molecule has 3 aliphatic carbocycles. The van der Waals surface area contributed by atoms with Crippen molar-refractivity contribution in [3.8, 4) is 0 Å². The second kappa shape index (κ2) is 10.2. The van der Waals surface area contributed by atoms with Crippen molar-refractivity contribution in [2.24, 2.45) is 17.3 Å². The van der Waals surface area contributed by atoms with E-state index in [0.29, 0.717) is 24.8 Å². The van der Waals surface area contributed by atoms with Gasteiger partial charge < -0.3 is 33.4 Å². The summed E-state index contributed by atoms with van der Waals surface area (Å²) in [5, 5.41) is 4.05. The van der Waals surface area contributed by atoms with E-state index >= 15 is 0 Å². The zero-order valence-corrected chi connectivity index (χ0v) is 25.1. The highest BCUT2D eigenvalue weighted by molar-refractivity contribution is 6.48. The van der Waals surface area contributed by atoms with Crippen LogP contribution in [0.15, 0.2) is 34.9 Å². The van der Waals surface area contributed by atoms with Crippen molar-refractivity contribution < 1.29 is 32.8 Å². The van der Waals surface area contributed by atoms with Crippen molar-refractivity contribution in [2.75, 3.05) is 13.2 Å². The van der Waals surface area contributed by atoms with Gasteiger partial charge in [-0.3, -0.25) is 0 Å². The van der Waals surface area contributed by atoms with Crippen LogP contribution in [-0.4, -0.2) is 66.6 Å². The van der Waals surface area contributed by atoms with E-state index in [0.717, 1.165) is 42.2 Å². The lowest BCUT2D eigenvalue weighted by atomic mass is 9.43. The molecule has 5 fully saturated rings. The van der Waals surface area contributed by atoms with Crippen LogP contribution in [0.25, 0.3) is 11.0 Å². The molecule has 1 N–H and O–H groups in total. The van der Waals surface area contributed by atoms with E-state index in [1.165, 1.54) is 0 Å². The number of furan rings is 1. The Labute approximate surface area is 242 Å². The molecular weight excluding hydrogens is 523 g/mol. The van der Waals surface area contributed by atoms with Gasteiger partial charge >= 0.3 is 19.3 Å². The minimum absolute atomic E-state index is 0.00781. The summed E-state index contributed by atoms with van der Waals surface area (Å²) >= 11 is 0. The van der Waals surface area contributed by atoms with Gasteiger partial charge in [-0.1, -0.05) is 32.0 Å². The van der Waals surface area contributed by atoms with E-state index in [4.69, 9.17) is 23.2 Å². The highest BCUT2D eigenvalue weighted by Crippen LogP contribution is 2.65. The molecule has 5 aliphatic rings. The summed E-state index contributed by atoms with van der Waals surface area (Å²) in [6, 6.07) is 7.64. The van der Waals surface area contributed by atoms with Gasteiger partial charge in [0.2, 0.25) is 0 Å². The van der Waals surface area contributed by atoms with Gasteiger partial charge in [-0.15, -0.1) is 0 Å². The predicted octanol–water partition coefficient (Wildman–Crippen LogP) is 5.74. The molecule has 0 radical (unpaired) electrons. The van der Waals surface area contributed by atoms with E-state index in [2.05, 4.69) is 26.1 Å². The summed E-state index contributed by atoms with van der Waals surface area (Å²) in [5.74, 6) is 0.547. The number of ether oxygens (including phenoxy) is 2. The Kier molecular flexibility index (Phi) is 7.09. The standard InChI is InChI=1S/C31H43BN2O7/c1-29(2,3)39-28(36)34-13-9-10-21(34)18-38-27(35)33-26(14-19-17-37-23-12-8-7-11-22(19)23)32-40-25-16-20-15-24(30(20,4)5)31(25,6)41-32/h7-8,11-12,17,20-21,24-26H,9-10,13-16,18H2,1-6H3,(H,33,35)/t20-,21+,24-,25+,26-,31-/m0/s1. The normalized spacial score (nSPS) is 31.0. The van der Waals surface area contributed by atoms with Crippen molar-refractivity contribution in [1.29, 1.82) is 0 Å². The predicted molar refractivity (Wildman–Crippen MR) is 154 cm³/mol. The lowest BCUT2D eigenvalue weighted by Crippen LogP contribution is -2.65. The molecular formula is C31H43BN2O7. The molecule has 2 aromatic rings. The van der Waals surface area contributed by atoms with E-state index in [1.54, 1.807) is 11.2 Å². The van der Waals surface area contributed by atoms with Gasteiger partial charge in [0.25, 0.3) is 0 Å². The molecule has 1 aromatic carbocycles. The SMILES string of the molecule is CC(C)(C)OC(=O)N1CCC[C@@H]1COC(=O)N[C@@H](Cc1coc2ccccc12)B1O[C@@H]2C[C@@H]3C[C@@H](C3(C)C)[C@]2(C)O1. The highest BCUT2D eigenvalue weighted by atomic mass is 16.7. The van der Waals surface area contributed by atoms with Gasteiger partial charge in [0, 0.05) is 11.9 Å². The number of nitrogens with one attached hydrogen (secondary N) is 1. The van der Waals surface area contributed by atoms with Gasteiger partial charge in [-0.2, -0.15) is 0 Å². The number of hydrogen-bond acceptors (Lipinski definition) is 7. The van der Waals surface area contributed by atoms with Crippen LogP contribution in [0.1, 0.15) is 72.8 Å². The molecule has 2 bridgehead atoms. The second-order valence-corrected chi connectivity index (χ2v) is 14.1. The van der Waals surface area contributed by atoms with Crippen LogP contribution in [0.3, 0.4) is 0 Å². The fourth-order valence-corrected chi connectivity index (χ4v) is 7.65. The summed E-state index contributed by atoms with van der Waals surface area (Å²) in [6.45, 7) is 13.1. The molecule has 6 atom stereocenters. The number of carbonyl (C=O) groups is 2. The third-order valence-corrected chi connectivity index (χ3v) is 10.0. The van der Waals surface area contributed by atoms with Crippen molar-refractivity contribution in [1.82, 2.24) is 10.2 Å². The summed E-state index contributed by atoms with van der Waals surface area (Å²) in [6.07, 6.45) is 4.97. The average molecular weight is 567 g/mol. The largest absolute Gasteiger partial charge is 0.482 e. The number of likely N-dealkylation sites (tertiary alicyclic amines) is 1. The first-order valence-corrected chi connectivity index (χ1v) is 15.1. The first kappa shape index (κ1) is 28.4. The minimum atomic E-state index is -0.619. The molecule has 1 aromatic heterocycles. The van der Waals surface area contributed by atoms with Crippen LogP contribution in [0, 0.1) is 17.3 Å². The van der Waals surface area contributed by atoms with Crippen molar-refractivity contribution in [2.45, 2.75) is 103 Å². The fraction of sp³-hybridized carbons (Fsp3) is 0.677. The maximum atomic E-state index is 13.2. The summed E-state index contributed by atoms with van der Waals surface area (Å²) in [7, 11) is -0.619. The van der Waals surface area contributed by atoms with E-state index in [9.17, 15) is 9.59 Å². The van der Waals surface area contributed by atoms with Crippen molar-refractivity contribution in [3.63, 3.8) is 0 Å². The second-order valence-electron chi connectivity index (χ2n) is 14.1. The Balaban J connectivity index is 1.16. The maximum absolute atomic E-state index is 13.2. The number of carbonyl (C=O) groups excluding carboxylic acids is 2. The lowest BCUT2D eigenvalue weighted by Gasteiger charge is -2.64. The van der Waals surface area contributed by atoms with Crippen molar-refractivity contribution in [3.05, 3.63) is 36.1 Å². The number of alkyl carbamates (subject to hydrolysis) is 1. The van der Waals surface area contributed by atoms with Gasteiger partial charge in [-0.25, -0.2) is 9.59 Å². The number of nitrogens with zero attached hydrogens (tertiary/aromatic N) is 1. The number of rotatable bonds is 6. The number of benzene rings is 1.